The number of fused-ring (bicyclic) bond motifs is 1. The van der Waals surface area contributed by atoms with Crippen LogP contribution in [0, 0.1) is 0 Å². The molecule has 7 nitrogen and oxygen atoms in total. The van der Waals surface area contributed by atoms with Gasteiger partial charge >= 0.3 is 6.09 Å². The highest BCUT2D eigenvalue weighted by atomic mass is 32.1. The van der Waals surface area contributed by atoms with E-state index < -0.39 is 6.09 Å². The molecule has 100 valence electrons. The minimum atomic E-state index is -0.873. The molecule has 5 N–H and O–H groups in total. The Morgan fingerprint density at radius 1 is 1.47 bits per heavy atom. The Bertz CT molecular complexity index is 625. The zero-order valence-corrected chi connectivity index (χ0v) is 10.7. The van der Waals surface area contributed by atoms with Gasteiger partial charge in [-0.1, -0.05) is 0 Å². The van der Waals surface area contributed by atoms with Crippen LogP contribution in [-0.2, 0) is 4.74 Å². The van der Waals surface area contributed by atoms with Crippen molar-refractivity contribution in [2.75, 3.05) is 18.9 Å². The number of aromatic nitrogens is 1. The Morgan fingerprint density at radius 2 is 2.26 bits per heavy atom. The van der Waals surface area contributed by atoms with Crippen molar-refractivity contribution in [1.29, 1.82) is 0 Å². The SMILES string of the molecule is NC(=O)OCCNC(=O)c1sc2cnccc2c1N. The van der Waals surface area contributed by atoms with Gasteiger partial charge < -0.3 is 21.5 Å². The second-order valence-corrected chi connectivity index (χ2v) is 4.69. The van der Waals surface area contributed by atoms with Crippen LogP contribution in [0.5, 0.6) is 0 Å². The number of hydrogen-bond acceptors (Lipinski definition) is 6. The topological polar surface area (TPSA) is 120 Å². The molecule has 19 heavy (non-hydrogen) atoms. The van der Waals surface area contributed by atoms with Crippen molar-refractivity contribution in [1.82, 2.24) is 10.3 Å². The van der Waals surface area contributed by atoms with Crippen LogP contribution in [0.15, 0.2) is 18.5 Å². The van der Waals surface area contributed by atoms with Crippen molar-refractivity contribution < 1.29 is 14.3 Å². The van der Waals surface area contributed by atoms with Crippen molar-refractivity contribution in [2.24, 2.45) is 5.73 Å². The first-order chi connectivity index (χ1) is 9.09. The maximum atomic E-state index is 11.9. The minimum Gasteiger partial charge on any atom is -0.448 e. The second-order valence-electron chi connectivity index (χ2n) is 3.64. The molecular weight excluding hydrogens is 268 g/mol. The zero-order chi connectivity index (χ0) is 13.8. The highest BCUT2D eigenvalue weighted by Crippen LogP contribution is 2.32. The molecule has 0 bridgehead atoms. The van der Waals surface area contributed by atoms with Crippen LogP contribution in [-0.4, -0.2) is 30.1 Å². The van der Waals surface area contributed by atoms with E-state index in [-0.39, 0.29) is 19.1 Å². The average Bonchev–Trinajstić information content (AvgIpc) is 2.72. The molecular formula is C11H12N4O3S. The number of anilines is 1. The van der Waals surface area contributed by atoms with Gasteiger partial charge in [-0.15, -0.1) is 11.3 Å². The third-order valence-corrected chi connectivity index (χ3v) is 3.52. The van der Waals surface area contributed by atoms with E-state index in [0.717, 1.165) is 10.1 Å². The summed E-state index contributed by atoms with van der Waals surface area (Å²) in [6.45, 7) is 0.196. The number of nitrogens with zero attached hydrogens (tertiary/aromatic N) is 1. The Balaban J connectivity index is 2.05. The van der Waals surface area contributed by atoms with Gasteiger partial charge in [-0.3, -0.25) is 9.78 Å². The Kier molecular flexibility index (Phi) is 3.81. The molecule has 0 unspecified atom stereocenters. The maximum Gasteiger partial charge on any atom is 0.404 e. The van der Waals surface area contributed by atoms with Crippen molar-refractivity contribution >= 4 is 39.1 Å². The molecule has 2 aromatic rings. The lowest BCUT2D eigenvalue weighted by Gasteiger charge is -2.04. The van der Waals surface area contributed by atoms with Gasteiger partial charge in [0.2, 0.25) is 0 Å². The average molecular weight is 280 g/mol. The number of ether oxygens (including phenoxy) is 1. The van der Waals surface area contributed by atoms with Crippen molar-refractivity contribution in [3.8, 4) is 0 Å². The summed E-state index contributed by atoms with van der Waals surface area (Å²) in [5, 5.41) is 3.40. The fourth-order valence-corrected chi connectivity index (χ4v) is 2.54. The molecule has 0 aliphatic rings. The number of thiophene rings is 1. The first-order valence-electron chi connectivity index (χ1n) is 5.42. The lowest BCUT2D eigenvalue weighted by molar-refractivity contribution is 0.0941. The van der Waals surface area contributed by atoms with E-state index in [1.54, 1.807) is 18.5 Å². The van der Waals surface area contributed by atoms with E-state index >= 15 is 0 Å². The summed E-state index contributed by atoms with van der Waals surface area (Å²) in [7, 11) is 0. The minimum absolute atomic E-state index is 0.0213. The van der Waals surface area contributed by atoms with Gasteiger partial charge in [0.25, 0.3) is 5.91 Å². The number of primary amides is 1. The predicted molar refractivity (Wildman–Crippen MR) is 71.9 cm³/mol. The van der Waals surface area contributed by atoms with Crippen LogP contribution in [0.4, 0.5) is 10.5 Å². The third-order valence-electron chi connectivity index (χ3n) is 2.37. The molecule has 0 saturated heterocycles. The highest BCUT2D eigenvalue weighted by Gasteiger charge is 2.15. The molecule has 0 saturated carbocycles. The monoisotopic (exact) mass is 280 g/mol. The molecule has 8 heteroatoms. The molecule has 2 heterocycles. The van der Waals surface area contributed by atoms with Gasteiger partial charge in [-0.2, -0.15) is 0 Å². The number of carbonyl (C=O) groups is 2. The molecule has 0 aromatic carbocycles. The predicted octanol–water partition coefficient (Wildman–Crippen LogP) is 0.704. The molecule has 2 amide bonds. The molecule has 2 rings (SSSR count). The summed E-state index contributed by atoms with van der Waals surface area (Å²) in [5.41, 5.74) is 11.1. The summed E-state index contributed by atoms with van der Waals surface area (Å²) in [4.78, 5) is 26.6. The molecule has 2 aromatic heterocycles. The normalized spacial score (nSPS) is 10.3. The van der Waals surface area contributed by atoms with E-state index in [1.807, 2.05) is 0 Å². The van der Waals surface area contributed by atoms with E-state index in [4.69, 9.17) is 11.5 Å². The van der Waals surface area contributed by atoms with Gasteiger partial charge in [0.15, 0.2) is 0 Å². The van der Waals surface area contributed by atoms with E-state index in [1.165, 1.54) is 11.3 Å². The summed E-state index contributed by atoms with van der Waals surface area (Å²) in [6.07, 6.45) is 2.40. The first-order valence-corrected chi connectivity index (χ1v) is 6.23. The number of nitrogen functional groups attached to an aromatic ring is 1. The Morgan fingerprint density at radius 3 is 2.95 bits per heavy atom. The van der Waals surface area contributed by atoms with Crippen LogP contribution in [0.1, 0.15) is 9.67 Å². The first kappa shape index (κ1) is 13.1. The Hall–Kier alpha value is -2.35. The number of hydrogen-bond donors (Lipinski definition) is 3. The molecule has 0 fully saturated rings. The van der Waals surface area contributed by atoms with Gasteiger partial charge in [-0.05, 0) is 6.07 Å². The smallest absolute Gasteiger partial charge is 0.404 e. The number of pyridine rings is 1. The van der Waals surface area contributed by atoms with Crippen molar-refractivity contribution in [3.63, 3.8) is 0 Å². The quantitative estimate of drug-likeness (QED) is 0.712. The zero-order valence-electron chi connectivity index (χ0n) is 9.88. The van der Waals surface area contributed by atoms with Crippen LogP contribution in [0.2, 0.25) is 0 Å². The van der Waals surface area contributed by atoms with Gasteiger partial charge in [0.1, 0.15) is 11.5 Å². The molecule has 0 atom stereocenters. The van der Waals surface area contributed by atoms with Gasteiger partial charge in [0.05, 0.1) is 16.9 Å². The third kappa shape index (κ3) is 2.91. The fourth-order valence-electron chi connectivity index (χ4n) is 1.54. The van der Waals surface area contributed by atoms with Crippen LogP contribution >= 0.6 is 11.3 Å². The van der Waals surface area contributed by atoms with Crippen molar-refractivity contribution in [2.45, 2.75) is 0 Å². The lowest BCUT2D eigenvalue weighted by Crippen LogP contribution is -2.28. The van der Waals surface area contributed by atoms with Gasteiger partial charge in [0, 0.05) is 17.8 Å². The highest BCUT2D eigenvalue weighted by molar-refractivity contribution is 7.21. The van der Waals surface area contributed by atoms with Crippen LogP contribution < -0.4 is 16.8 Å². The summed E-state index contributed by atoms with van der Waals surface area (Å²) >= 11 is 1.26. The summed E-state index contributed by atoms with van der Waals surface area (Å²) < 4.78 is 5.35. The summed E-state index contributed by atoms with van der Waals surface area (Å²) in [5.74, 6) is -0.313. The summed E-state index contributed by atoms with van der Waals surface area (Å²) in [6, 6.07) is 1.76. The van der Waals surface area contributed by atoms with E-state index in [2.05, 4.69) is 15.0 Å². The number of carbonyl (C=O) groups excluding carboxylic acids is 2. The molecule has 0 aliphatic heterocycles. The maximum absolute atomic E-state index is 11.9. The van der Waals surface area contributed by atoms with Gasteiger partial charge in [-0.25, -0.2) is 4.79 Å². The Labute approximate surface area is 112 Å². The van der Waals surface area contributed by atoms with Crippen molar-refractivity contribution in [3.05, 3.63) is 23.3 Å². The number of amides is 2. The van der Waals surface area contributed by atoms with E-state index in [0.29, 0.717) is 10.6 Å². The van der Waals surface area contributed by atoms with Crippen LogP contribution in [0.3, 0.4) is 0 Å². The largest absolute Gasteiger partial charge is 0.448 e. The number of nitrogens with one attached hydrogen (secondary N) is 1. The number of rotatable bonds is 4. The van der Waals surface area contributed by atoms with Crippen LogP contribution in [0.25, 0.3) is 10.1 Å². The van der Waals surface area contributed by atoms with E-state index in [9.17, 15) is 9.59 Å². The molecule has 0 aliphatic carbocycles. The lowest BCUT2D eigenvalue weighted by atomic mass is 10.2. The fraction of sp³-hybridized carbons (Fsp3) is 0.182. The number of nitrogens with two attached hydrogens (primary N) is 2. The standard InChI is InChI=1S/C11H12N4O3S/c12-8-6-1-2-14-5-7(6)19-9(8)10(16)15-3-4-18-11(13)17/h1-2,5H,3-4,12H2,(H2,13,17)(H,15,16). The molecule has 0 spiro atoms. The molecule has 0 radical (unpaired) electrons. The second kappa shape index (κ2) is 5.53.